The third-order valence-electron chi connectivity index (χ3n) is 2.64. The van der Waals surface area contributed by atoms with Gasteiger partial charge in [0.05, 0.1) is 30.3 Å². The van der Waals surface area contributed by atoms with Gasteiger partial charge in [0.1, 0.15) is 0 Å². The highest BCUT2D eigenvalue weighted by Crippen LogP contribution is 2.12. The fourth-order valence-corrected chi connectivity index (χ4v) is 1.60. The molecule has 5 heteroatoms. The fraction of sp³-hybridized carbons (Fsp3) is 0.143. The number of hydrogen-bond acceptors (Lipinski definition) is 4. The summed E-state index contributed by atoms with van der Waals surface area (Å²) in [4.78, 5) is 11.8. The summed E-state index contributed by atoms with van der Waals surface area (Å²) in [5.74, 6) is -0.334. The van der Waals surface area contributed by atoms with Crippen LogP contribution in [0.2, 0.25) is 0 Å². The molecule has 1 aromatic carbocycles. The molecule has 0 radical (unpaired) electrons. The van der Waals surface area contributed by atoms with Gasteiger partial charge in [-0.2, -0.15) is 5.26 Å². The zero-order valence-corrected chi connectivity index (χ0v) is 10.0. The summed E-state index contributed by atoms with van der Waals surface area (Å²) in [5.41, 5.74) is 1.41. The highest BCUT2D eigenvalue weighted by atomic mass is 16.3. The molecular formula is C14H12N2O3. The number of aliphatic hydroxyl groups is 1. The Balaban J connectivity index is 1.96. The number of hydrogen-bond donors (Lipinski definition) is 2. The Morgan fingerprint density at radius 2 is 2.32 bits per heavy atom. The minimum Gasteiger partial charge on any atom is -0.472 e. The Morgan fingerprint density at radius 1 is 1.47 bits per heavy atom. The van der Waals surface area contributed by atoms with E-state index in [1.54, 1.807) is 24.3 Å². The van der Waals surface area contributed by atoms with Gasteiger partial charge in [-0.25, -0.2) is 0 Å². The summed E-state index contributed by atoms with van der Waals surface area (Å²) < 4.78 is 4.85. The number of rotatable bonds is 4. The van der Waals surface area contributed by atoms with Gasteiger partial charge >= 0.3 is 0 Å². The number of nitrogens with zero attached hydrogens (tertiary/aromatic N) is 1. The molecule has 19 heavy (non-hydrogen) atoms. The van der Waals surface area contributed by atoms with Crippen LogP contribution in [0.15, 0.2) is 47.3 Å². The Hall–Kier alpha value is -2.58. The molecule has 2 rings (SSSR count). The van der Waals surface area contributed by atoms with E-state index >= 15 is 0 Å². The zero-order valence-electron chi connectivity index (χ0n) is 10.0. The smallest absolute Gasteiger partial charge is 0.251 e. The second-order valence-corrected chi connectivity index (χ2v) is 3.98. The first kappa shape index (κ1) is 12.9. The molecule has 0 fully saturated rings. The highest BCUT2D eigenvalue weighted by Gasteiger charge is 2.11. The van der Waals surface area contributed by atoms with E-state index < -0.39 is 6.10 Å². The van der Waals surface area contributed by atoms with Gasteiger partial charge in [-0.3, -0.25) is 4.79 Å². The number of aliphatic hydroxyl groups excluding tert-OH is 1. The average molecular weight is 256 g/mol. The standard InChI is InChI=1S/C14H12N2O3/c15-7-10-2-1-3-11(6-10)14(18)16-8-13(17)12-4-5-19-9-12/h1-6,9,13,17H,8H2,(H,16,18). The molecule has 1 heterocycles. The van der Waals surface area contributed by atoms with Crippen LogP contribution in [-0.2, 0) is 0 Å². The number of benzene rings is 1. The maximum atomic E-state index is 11.8. The molecule has 96 valence electrons. The van der Waals surface area contributed by atoms with Crippen LogP contribution in [0, 0.1) is 11.3 Å². The second kappa shape index (κ2) is 5.85. The van der Waals surface area contributed by atoms with Gasteiger partial charge in [0, 0.05) is 17.7 Å². The number of carbonyl (C=O) groups is 1. The second-order valence-electron chi connectivity index (χ2n) is 3.98. The van der Waals surface area contributed by atoms with Gasteiger partial charge in [0.25, 0.3) is 5.91 Å². The molecule has 1 atom stereocenters. The van der Waals surface area contributed by atoms with Gasteiger partial charge < -0.3 is 14.8 Å². The number of amides is 1. The van der Waals surface area contributed by atoms with Crippen LogP contribution in [-0.4, -0.2) is 17.6 Å². The first-order valence-electron chi connectivity index (χ1n) is 5.69. The van der Waals surface area contributed by atoms with Crippen molar-refractivity contribution in [3.63, 3.8) is 0 Å². The molecule has 0 aliphatic heterocycles. The molecule has 0 aliphatic carbocycles. The van der Waals surface area contributed by atoms with Crippen LogP contribution in [0.25, 0.3) is 0 Å². The number of nitriles is 1. The Morgan fingerprint density at radius 3 is 3.00 bits per heavy atom. The normalized spacial score (nSPS) is 11.6. The average Bonchev–Trinajstić information content (AvgIpc) is 2.98. The highest BCUT2D eigenvalue weighted by molar-refractivity contribution is 5.94. The van der Waals surface area contributed by atoms with E-state index in [0.717, 1.165) is 0 Å². The van der Waals surface area contributed by atoms with Gasteiger partial charge in [0.2, 0.25) is 0 Å². The first-order chi connectivity index (χ1) is 9.20. The van der Waals surface area contributed by atoms with Crippen LogP contribution in [0.3, 0.4) is 0 Å². The lowest BCUT2D eigenvalue weighted by molar-refractivity contribution is 0.0916. The van der Waals surface area contributed by atoms with Gasteiger partial charge in [-0.15, -0.1) is 0 Å². The lowest BCUT2D eigenvalue weighted by Gasteiger charge is -2.10. The van der Waals surface area contributed by atoms with Crippen molar-refractivity contribution in [2.45, 2.75) is 6.10 Å². The van der Waals surface area contributed by atoms with Crippen LogP contribution in [0.1, 0.15) is 27.6 Å². The summed E-state index contributed by atoms with van der Waals surface area (Å²) >= 11 is 0. The maximum Gasteiger partial charge on any atom is 0.251 e. The van der Waals surface area contributed by atoms with Crippen LogP contribution in [0.5, 0.6) is 0 Å². The summed E-state index contributed by atoms with van der Waals surface area (Å²) in [7, 11) is 0. The van der Waals surface area contributed by atoms with Crippen molar-refractivity contribution in [2.24, 2.45) is 0 Å². The largest absolute Gasteiger partial charge is 0.472 e. The van der Waals surface area contributed by atoms with E-state index in [-0.39, 0.29) is 12.5 Å². The number of furan rings is 1. The quantitative estimate of drug-likeness (QED) is 0.870. The molecule has 0 bridgehead atoms. The van der Waals surface area contributed by atoms with Crippen molar-refractivity contribution < 1.29 is 14.3 Å². The molecule has 0 spiro atoms. The molecular weight excluding hydrogens is 244 g/mol. The Bertz CT molecular complexity index is 599. The van der Waals surface area contributed by atoms with Crippen molar-refractivity contribution in [1.82, 2.24) is 5.32 Å². The first-order valence-corrected chi connectivity index (χ1v) is 5.69. The number of carbonyl (C=O) groups excluding carboxylic acids is 1. The van der Waals surface area contributed by atoms with Crippen molar-refractivity contribution >= 4 is 5.91 Å². The van der Waals surface area contributed by atoms with Gasteiger partial charge in [0.15, 0.2) is 0 Å². The van der Waals surface area contributed by atoms with E-state index in [4.69, 9.17) is 9.68 Å². The third-order valence-corrected chi connectivity index (χ3v) is 2.64. The summed E-state index contributed by atoms with van der Waals surface area (Å²) in [6, 6.07) is 9.97. The van der Waals surface area contributed by atoms with Crippen molar-refractivity contribution in [3.8, 4) is 6.07 Å². The Kier molecular flexibility index (Phi) is 3.96. The molecule has 1 aromatic heterocycles. The van der Waals surface area contributed by atoms with Gasteiger partial charge in [-0.05, 0) is 24.3 Å². The summed E-state index contributed by atoms with van der Waals surface area (Å²) in [6.45, 7) is 0.0785. The van der Waals surface area contributed by atoms with E-state index in [1.165, 1.54) is 18.6 Å². The topological polar surface area (TPSA) is 86.3 Å². The minimum atomic E-state index is -0.818. The zero-order chi connectivity index (χ0) is 13.7. The van der Waals surface area contributed by atoms with Crippen LogP contribution in [0.4, 0.5) is 0 Å². The lowest BCUT2D eigenvalue weighted by atomic mass is 10.1. The summed E-state index contributed by atoms with van der Waals surface area (Å²) in [6.07, 6.45) is 2.06. The van der Waals surface area contributed by atoms with E-state index in [1.807, 2.05) is 6.07 Å². The van der Waals surface area contributed by atoms with Crippen molar-refractivity contribution in [1.29, 1.82) is 5.26 Å². The molecule has 0 aliphatic rings. The molecule has 5 nitrogen and oxygen atoms in total. The monoisotopic (exact) mass is 256 g/mol. The minimum absolute atomic E-state index is 0.0785. The van der Waals surface area contributed by atoms with E-state index in [0.29, 0.717) is 16.7 Å². The van der Waals surface area contributed by atoms with E-state index in [2.05, 4.69) is 5.32 Å². The molecule has 2 N–H and O–H groups in total. The predicted octanol–water partition coefficient (Wildman–Crippen LogP) is 1.61. The van der Waals surface area contributed by atoms with Crippen LogP contribution >= 0.6 is 0 Å². The van der Waals surface area contributed by atoms with Crippen molar-refractivity contribution in [3.05, 3.63) is 59.5 Å². The molecule has 1 amide bonds. The summed E-state index contributed by atoms with van der Waals surface area (Å²) in [5, 5.41) is 21.1. The molecule has 2 aromatic rings. The fourth-order valence-electron chi connectivity index (χ4n) is 1.60. The van der Waals surface area contributed by atoms with E-state index in [9.17, 15) is 9.90 Å². The lowest BCUT2D eigenvalue weighted by Crippen LogP contribution is -2.28. The third kappa shape index (κ3) is 3.21. The van der Waals surface area contributed by atoms with Crippen LogP contribution < -0.4 is 5.32 Å². The predicted molar refractivity (Wildman–Crippen MR) is 67.2 cm³/mol. The maximum absolute atomic E-state index is 11.8. The van der Waals surface area contributed by atoms with Crippen molar-refractivity contribution in [2.75, 3.05) is 6.54 Å². The Labute approximate surface area is 110 Å². The SMILES string of the molecule is N#Cc1cccc(C(=O)NCC(O)c2ccoc2)c1. The number of nitrogens with one attached hydrogen (secondary N) is 1. The molecule has 1 unspecified atom stereocenters. The van der Waals surface area contributed by atoms with Gasteiger partial charge in [-0.1, -0.05) is 6.07 Å². The molecule has 0 saturated heterocycles. The molecule has 0 saturated carbocycles.